The summed E-state index contributed by atoms with van der Waals surface area (Å²) in [6.45, 7) is 0. The van der Waals surface area contributed by atoms with Crippen molar-refractivity contribution in [2.75, 3.05) is 0 Å². The van der Waals surface area contributed by atoms with Crippen LogP contribution in [0.15, 0.2) is 0 Å². The summed E-state index contributed by atoms with van der Waals surface area (Å²) < 4.78 is 183. The van der Waals surface area contributed by atoms with Crippen molar-refractivity contribution in [3.05, 3.63) is 0 Å². The van der Waals surface area contributed by atoms with Gasteiger partial charge in [0.1, 0.15) is 0 Å². The van der Waals surface area contributed by atoms with Gasteiger partial charge in [-0.1, -0.05) is 0 Å². The Hall–Kier alpha value is -0.120. The van der Waals surface area contributed by atoms with E-state index in [1.165, 1.54) is 0 Å². The van der Waals surface area contributed by atoms with Crippen molar-refractivity contribution < 1.29 is 150 Å². The van der Waals surface area contributed by atoms with Crippen molar-refractivity contribution in [1.82, 2.24) is 0 Å². The molecular formula is C14H10F14Na2O6. The summed E-state index contributed by atoms with van der Waals surface area (Å²) in [5.74, 6) is -23.6. The molecule has 202 valence electrons. The van der Waals surface area contributed by atoms with Gasteiger partial charge in [-0.2, -0.15) is 35.1 Å². The molecule has 0 amide bonds. The molecule has 0 saturated heterocycles. The second-order valence-corrected chi connectivity index (χ2v) is 6.62. The monoisotopic (exact) mass is 586 g/mol. The maximum absolute atomic E-state index is 13.8. The van der Waals surface area contributed by atoms with Crippen LogP contribution in [0.1, 0.15) is 25.7 Å². The molecule has 2 unspecified atom stereocenters. The Labute approximate surface area is 235 Å². The number of carboxylic acids is 2. The molecule has 0 aliphatic heterocycles. The number of alkyl halides is 14. The maximum Gasteiger partial charge on any atom is 1.00 e. The van der Waals surface area contributed by atoms with E-state index in [-0.39, 0.29) is 59.1 Å². The first kappa shape index (κ1) is 40.4. The first-order valence-electron chi connectivity index (χ1n) is 8.16. The van der Waals surface area contributed by atoms with Gasteiger partial charge in [-0.25, -0.2) is 9.47 Å². The van der Waals surface area contributed by atoms with Crippen molar-refractivity contribution in [2.24, 2.45) is 11.8 Å². The second kappa shape index (κ2) is 13.8. The van der Waals surface area contributed by atoms with E-state index < -0.39 is 86.2 Å². The van der Waals surface area contributed by atoms with Crippen LogP contribution in [0.2, 0.25) is 0 Å². The molecule has 0 heterocycles. The molecule has 0 aromatic heterocycles. The average Bonchev–Trinajstić information content (AvgIpc) is 2.46. The standard InChI is InChI=1S/C14H12F14O6.2Na/c15-9(16,11(19,20)33-13(23,24)25)3-5(1-7(29)30)6(2-8(31)32)4-10(17,18)12(21,22)34-14(26,27)28;;/h5-6H,1-4H2,(H,29,30)(H,31,32);;/q;2*+1/p-2. The number of hydrogen-bond donors (Lipinski definition) is 0. The Morgan fingerprint density at radius 2 is 0.778 bits per heavy atom. The fourth-order valence-electron chi connectivity index (χ4n) is 2.58. The van der Waals surface area contributed by atoms with Gasteiger partial charge in [0.05, 0.1) is 0 Å². The van der Waals surface area contributed by atoms with Gasteiger partial charge in [-0.15, -0.1) is 26.3 Å². The van der Waals surface area contributed by atoms with E-state index in [4.69, 9.17) is 0 Å². The Morgan fingerprint density at radius 3 is 0.944 bits per heavy atom. The van der Waals surface area contributed by atoms with Gasteiger partial charge in [-0.05, 0) is 24.7 Å². The number of ether oxygens (including phenoxy) is 2. The van der Waals surface area contributed by atoms with Crippen LogP contribution in [-0.4, -0.2) is 48.7 Å². The van der Waals surface area contributed by atoms with Gasteiger partial charge < -0.3 is 19.8 Å². The van der Waals surface area contributed by atoms with Crippen LogP contribution < -0.4 is 69.3 Å². The number of carboxylic acid groups (broad SMARTS) is 2. The van der Waals surface area contributed by atoms with Gasteiger partial charge in [0.25, 0.3) is 0 Å². The van der Waals surface area contributed by atoms with E-state index >= 15 is 0 Å². The number of halogens is 14. The Morgan fingerprint density at radius 1 is 0.556 bits per heavy atom. The largest absolute Gasteiger partial charge is 1.00 e. The van der Waals surface area contributed by atoms with E-state index in [1.54, 1.807) is 0 Å². The van der Waals surface area contributed by atoms with Crippen LogP contribution in [0.3, 0.4) is 0 Å². The van der Waals surface area contributed by atoms with E-state index in [2.05, 4.69) is 0 Å². The van der Waals surface area contributed by atoms with Crippen LogP contribution in [0.5, 0.6) is 0 Å². The quantitative estimate of drug-likeness (QED) is 0.167. The minimum absolute atomic E-state index is 0. The molecule has 0 spiro atoms. The molecule has 2 atom stereocenters. The summed E-state index contributed by atoms with van der Waals surface area (Å²) in [5, 5.41) is 21.4. The Bertz CT molecular complexity index is 668. The number of hydrogen-bond acceptors (Lipinski definition) is 6. The summed E-state index contributed by atoms with van der Waals surface area (Å²) in [7, 11) is 0. The normalized spacial score (nSPS) is 15.4. The molecule has 0 radical (unpaired) electrons. The first-order chi connectivity index (χ1) is 14.7. The number of aliphatic carboxylic acids is 2. The Balaban J connectivity index is -0.00000544. The summed E-state index contributed by atoms with van der Waals surface area (Å²) in [6, 6.07) is 0. The van der Waals surface area contributed by atoms with Crippen molar-refractivity contribution in [2.45, 2.75) is 62.5 Å². The molecule has 0 aliphatic carbocycles. The third-order valence-electron chi connectivity index (χ3n) is 3.90. The minimum atomic E-state index is -6.52. The first-order valence-corrected chi connectivity index (χ1v) is 8.16. The van der Waals surface area contributed by atoms with Gasteiger partial charge in [0, 0.05) is 24.8 Å². The number of rotatable bonds is 13. The maximum atomic E-state index is 13.8. The zero-order chi connectivity index (χ0) is 27.6. The molecule has 0 rings (SSSR count). The summed E-state index contributed by atoms with van der Waals surface area (Å²) >= 11 is 0. The van der Waals surface area contributed by atoms with E-state index in [0.717, 1.165) is 0 Å². The number of carbonyl (C=O) groups excluding carboxylic acids is 2. The van der Waals surface area contributed by atoms with Crippen molar-refractivity contribution in [1.29, 1.82) is 0 Å². The van der Waals surface area contributed by atoms with Crippen molar-refractivity contribution >= 4 is 11.9 Å². The second-order valence-electron chi connectivity index (χ2n) is 6.62. The van der Waals surface area contributed by atoms with Crippen LogP contribution in [0, 0.1) is 11.8 Å². The predicted octanol–water partition coefficient (Wildman–Crippen LogP) is -3.18. The molecule has 0 N–H and O–H groups in total. The SMILES string of the molecule is O=C([O-])CC(CC(F)(F)C(F)(F)OC(F)(F)F)C(CC(=O)[O-])CC(F)(F)C(F)(F)OC(F)(F)F.[Na+].[Na+]. The fraction of sp³-hybridized carbons (Fsp3) is 0.857. The molecule has 0 aliphatic rings. The smallest absolute Gasteiger partial charge is 0.550 e. The van der Waals surface area contributed by atoms with Crippen molar-refractivity contribution in [3.63, 3.8) is 0 Å². The fourth-order valence-corrected chi connectivity index (χ4v) is 2.58. The van der Waals surface area contributed by atoms with E-state index in [0.29, 0.717) is 0 Å². The molecule has 0 fully saturated rings. The molecule has 36 heavy (non-hydrogen) atoms. The van der Waals surface area contributed by atoms with Crippen LogP contribution >= 0.6 is 0 Å². The molecule has 22 heteroatoms. The molecule has 0 aromatic rings. The van der Waals surface area contributed by atoms with E-state index in [1.807, 2.05) is 9.47 Å². The summed E-state index contributed by atoms with van der Waals surface area (Å²) in [5.41, 5.74) is 0. The van der Waals surface area contributed by atoms with Crippen molar-refractivity contribution in [3.8, 4) is 0 Å². The third-order valence-corrected chi connectivity index (χ3v) is 3.90. The van der Waals surface area contributed by atoms with Gasteiger partial charge in [0.2, 0.25) is 0 Å². The summed E-state index contributed by atoms with van der Waals surface area (Å²) in [6.07, 6.45) is -36.0. The molecule has 0 bridgehead atoms. The van der Waals surface area contributed by atoms with E-state index in [9.17, 15) is 81.3 Å². The third kappa shape index (κ3) is 13.6. The van der Waals surface area contributed by atoms with Gasteiger partial charge in [0.15, 0.2) is 0 Å². The molecule has 6 nitrogen and oxygen atoms in total. The number of carbonyl (C=O) groups is 2. The zero-order valence-electron chi connectivity index (χ0n) is 17.7. The van der Waals surface area contributed by atoms with Crippen LogP contribution in [0.4, 0.5) is 61.5 Å². The molecular weight excluding hydrogens is 576 g/mol. The van der Waals surface area contributed by atoms with Gasteiger partial charge in [-0.3, -0.25) is 0 Å². The van der Waals surface area contributed by atoms with Crippen LogP contribution in [-0.2, 0) is 19.1 Å². The molecule has 0 aromatic carbocycles. The summed E-state index contributed by atoms with van der Waals surface area (Å²) in [4.78, 5) is 21.4. The topological polar surface area (TPSA) is 98.7 Å². The Kier molecular flexibility index (Phi) is 15.5. The minimum Gasteiger partial charge on any atom is -0.550 e. The van der Waals surface area contributed by atoms with Gasteiger partial charge >= 0.3 is 95.9 Å². The average molecular weight is 586 g/mol. The van der Waals surface area contributed by atoms with Crippen LogP contribution in [0.25, 0.3) is 0 Å². The predicted molar refractivity (Wildman–Crippen MR) is 69.5 cm³/mol. The molecule has 0 saturated carbocycles. The zero-order valence-corrected chi connectivity index (χ0v) is 21.7.